The highest BCUT2D eigenvalue weighted by atomic mass is 32.1. The summed E-state index contributed by atoms with van der Waals surface area (Å²) in [5.74, 6) is 1.32. The summed E-state index contributed by atoms with van der Waals surface area (Å²) in [6.07, 6.45) is 6.50. The molecule has 1 N–H and O–H groups in total. The van der Waals surface area contributed by atoms with Crippen LogP contribution in [0.25, 0.3) is 0 Å². The number of ether oxygens (including phenoxy) is 2. The summed E-state index contributed by atoms with van der Waals surface area (Å²) in [4.78, 5) is 19.0. The number of rotatable bonds is 9. The Morgan fingerprint density at radius 2 is 2.28 bits per heavy atom. The van der Waals surface area contributed by atoms with E-state index in [0.717, 1.165) is 18.7 Å². The molecule has 0 bridgehead atoms. The zero-order chi connectivity index (χ0) is 18.2. The molecule has 0 saturated carbocycles. The third-order valence-electron chi connectivity index (χ3n) is 4.21. The SMILES string of the molecule is CCCC(C)CCNC(=O)c1cnc(OC=C2CN(C(C)C)CO2)s1. The van der Waals surface area contributed by atoms with E-state index in [1.54, 1.807) is 12.5 Å². The van der Waals surface area contributed by atoms with Crippen LogP contribution in [-0.2, 0) is 4.74 Å². The maximum atomic E-state index is 12.1. The van der Waals surface area contributed by atoms with E-state index >= 15 is 0 Å². The maximum absolute atomic E-state index is 12.1. The minimum Gasteiger partial charge on any atom is -0.478 e. The molecule has 2 rings (SSSR count). The van der Waals surface area contributed by atoms with E-state index in [-0.39, 0.29) is 5.91 Å². The Morgan fingerprint density at radius 3 is 2.96 bits per heavy atom. The standard InChI is InChI=1S/C18H29N3O3S/c1-5-6-14(4)7-8-19-17(22)16-9-20-18(25-16)23-11-15-10-21(12-24-15)13(2)3/h9,11,13-14H,5-8,10,12H2,1-4H3,(H,19,22). The first kappa shape index (κ1) is 19.7. The molecular formula is C18H29N3O3S. The first-order chi connectivity index (χ1) is 12.0. The van der Waals surface area contributed by atoms with Crippen molar-refractivity contribution < 1.29 is 14.3 Å². The van der Waals surface area contributed by atoms with Gasteiger partial charge >= 0.3 is 0 Å². The second kappa shape index (κ2) is 9.77. The lowest BCUT2D eigenvalue weighted by Crippen LogP contribution is -2.27. The van der Waals surface area contributed by atoms with Crippen molar-refractivity contribution in [2.75, 3.05) is 19.8 Å². The van der Waals surface area contributed by atoms with Crippen molar-refractivity contribution in [3.8, 4) is 5.19 Å². The molecule has 1 aliphatic heterocycles. The summed E-state index contributed by atoms with van der Waals surface area (Å²) in [6, 6.07) is 0.432. The quantitative estimate of drug-likeness (QED) is 0.676. The maximum Gasteiger partial charge on any atom is 0.278 e. The van der Waals surface area contributed by atoms with Gasteiger partial charge in [0.2, 0.25) is 0 Å². The number of amides is 1. The van der Waals surface area contributed by atoms with Gasteiger partial charge in [0, 0.05) is 12.6 Å². The lowest BCUT2D eigenvalue weighted by Gasteiger charge is -2.15. The van der Waals surface area contributed by atoms with Crippen LogP contribution in [0.2, 0.25) is 0 Å². The summed E-state index contributed by atoms with van der Waals surface area (Å²) in [5.41, 5.74) is 0. The highest BCUT2D eigenvalue weighted by Crippen LogP contribution is 2.22. The van der Waals surface area contributed by atoms with Gasteiger partial charge in [-0.05, 0) is 26.2 Å². The van der Waals surface area contributed by atoms with Crippen LogP contribution in [0.15, 0.2) is 18.2 Å². The van der Waals surface area contributed by atoms with Gasteiger partial charge in [-0.3, -0.25) is 9.69 Å². The predicted octanol–water partition coefficient (Wildman–Crippen LogP) is 3.62. The van der Waals surface area contributed by atoms with E-state index < -0.39 is 0 Å². The number of carbonyl (C=O) groups is 1. The smallest absolute Gasteiger partial charge is 0.278 e. The number of hydrogen-bond acceptors (Lipinski definition) is 6. The molecule has 1 saturated heterocycles. The van der Waals surface area contributed by atoms with E-state index in [4.69, 9.17) is 9.47 Å². The van der Waals surface area contributed by atoms with Crippen LogP contribution >= 0.6 is 11.3 Å². The number of nitrogens with zero attached hydrogens (tertiary/aromatic N) is 2. The fourth-order valence-electron chi connectivity index (χ4n) is 2.55. The van der Waals surface area contributed by atoms with Crippen LogP contribution in [0.1, 0.15) is 56.6 Å². The van der Waals surface area contributed by atoms with E-state index in [1.165, 1.54) is 24.2 Å². The molecule has 1 unspecified atom stereocenters. The van der Waals surface area contributed by atoms with Crippen molar-refractivity contribution in [1.82, 2.24) is 15.2 Å². The van der Waals surface area contributed by atoms with Gasteiger partial charge in [0.15, 0.2) is 0 Å². The second-order valence-corrected chi connectivity index (χ2v) is 7.74. The summed E-state index contributed by atoms with van der Waals surface area (Å²) in [5, 5.41) is 3.39. The van der Waals surface area contributed by atoms with E-state index in [0.29, 0.717) is 35.3 Å². The van der Waals surface area contributed by atoms with Gasteiger partial charge in [0.05, 0.1) is 12.7 Å². The zero-order valence-electron chi connectivity index (χ0n) is 15.6. The monoisotopic (exact) mass is 367 g/mol. The topological polar surface area (TPSA) is 63.7 Å². The summed E-state index contributed by atoms with van der Waals surface area (Å²) < 4.78 is 11.1. The van der Waals surface area contributed by atoms with Gasteiger partial charge < -0.3 is 14.8 Å². The number of carbonyl (C=O) groups excluding carboxylic acids is 1. The Morgan fingerprint density at radius 1 is 1.48 bits per heavy atom. The highest BCUT2D eigenvalue weighted by molar-refractivity contribution is 7.15. The van der Waals surface area contributed by atoms with Gasteiger partial charge in [-0.2, -0.15) is 0 Å². The lowest BCUT2D eigenvalue weighted by molar-refractivity contribution is 0.0955. The fraction of sp³-hybridized carbons (Fsp3) is 0.667. The van der Waals surface area contributed by atoms with Crippen molar-refractivity contribution in [2.45, 2.75) is 53.0 Å². The second-order valence-electron chi connectivity index (χ2n) is 6.74. The van der Waals surface area contributed by atoms with Gasteiger partial charge in [-0.25, -0.2) is 4.98 Å². The lowest BCUT2D eigenvalue weighted by atomic mass is 10.0. The van der Waals surface area contributed by atoms with Crippen molar-refractivity contribution in [2.24, 2.45) is 5.92 Å². The van der Waals surface area contributed by atoms with Crippen LogP contribution in [0.3, 0.4) is 0 Å². The molecule has 0 spiro atoms. The molecule has 1 aliphatic rings. The molecule has 2 heterocycles. The Kier molecular flexibility index (Phi) is 7.71. The minimum atomic E-state index is -0.0909. The van der Waals surface area contributed by atoms with Crippen molar-refractivity contribution >= 4 is 17.2 Å². The van der Waals surface area contributed by atoms with E-state index in [9.17, 15) is 4.79 Å². The normalized spacial score (nSPS) is 17.7. The Hall–Kier alpha value is -1.60. The van der Waals surface area contributed by atoms with Crippen LogP contribution in [-0.4, -0.2) is 41.7 Å². The molecule has 1 amide bonds. The molecule has 1 aromatic rings. The molecule has 0 aromatic carbocycles. The summed E-state index contributed by atoms with van der Waals surface area (Å²) >= 11 is 1.24. The minimum absolute atomic E-state index is 0.0909. The number of hydrogen-bond donors (Lipinski definition) is 1. The molecule has 1 fully saturated rings. The molecule has 7 heteroatoms. The van der Waals surface area contributed by atoms with E-state index in [2.05, 4.69) is 42.9 Å². The molecule has 0 radical (unpaired) electrons. The average Bonchev–Trinajstić information content (AvgIpc) is 3.22. The highest BCUT2D eigenvalue weighted by Gasteiger charge is 2.20. The third kappa shape index (κ3) is 6.32. The number of aromatic nitrogens is 1. The predicted molar refractivity (Wildman–Crippen MR) is 99.6 cm³/mol. The van der Waals surface area contributed by atoms with Crippen molar-refractivity contribution in [1.29, 1.82) is 0 Å². The van der Waals surface area contributed by atoms with Gasteiger partial charge in [-0.1, -0.05) is 38.0 Å². The molecule has 25 heavy (non-hydrogen) atoms. The van der Waals surface area contributed by atoms with Crippen LogP contribution in [0.4, 0.5) is 0 Å². The zero-order valence-corrected chi connectivity index (χ0v) is 16.4. The van der Waals surface area contributed by atoms with E-state index in [1.807, 2.05) is 0 Å². The number of thiazole rings is 1. The molecule has 140 valence electrons. The van der Waals surface area contributed by atoms with Gasteiger partial charge in [-0.15, -0.1) is 0 Å². The molecule has 1 atom stereocenters. The van der Waals surface area contributed by atoms with Crippen molar-refractivity contribution in [3.05, 3.63) is 23.1 Å². The van der Waals surface area contributed by atoms with Crippen LogP contribution in [0.5, 0.6) is 5.19 Å². The van der Waals surface area contributed by atoms with Crippen LogP contribution < -0.4 is 10.1 Å². The molecule has 1 aromatic heterocycles. The number of nitrogens with one attached hydrogen (secondary N) is 1. The Bertz CT molecular complexity index is 586. The average molecular weight is 368 g/mol. The Balaban J connectivity index is 1.77. The molecule has 6 nitrogen and oxygen atoms in total. The van der Waals surface area contributed by atoms with Gasteiger partial charge in [0.1, 0.15) is 23.6 Å². The summed E-state index contributed by atoms with van der Waals surface area (Å²) in [7, 11) is 0. The first-order valence-electron chi connectivity index (χ1n) is 8.96. The Labute approximate surface area is 154 Å². The molecular weight excluding hydrogens is 338 g/mol. The largest absolute Gasteiger partial charge is 0.478 e. The van der Waals surface area contributed by atoms with Crippen molar-refractivity contribution in [3.63, 3.8) is 0 Å². The van der Waals surface area contributed by atoms with Crippen LogP contribution in [0, 0.1) is 5.92 Å². The van der Waals surface area contributed by atoms with Gasteiger partial charge in [0.25, 0.3) is 11.1 Å². The summed E-state index contributed by atoms with van der Waals surface area (Å²) in [6.45, 7) is 10.6. The molecule has 0 aliphatic carbocycles. The first-order valence-corrected chi connectivity index (χ1v) is 9.77. The fourth-order valence-corrected chi connectivity index (χ4v) is 3.21. The third-order valence-corrected chi connectivity index (χ3v) is 5.10.